The van der Waals surface area contributed by atoms with Crippen molar-refractivity contribution in [2.75, 3.05) is 45.8 Å². The minimum Gasteiger partial charge on any atom is -0.497 e. The Kier molecular flexibility index (Phi) is 7.85. The van der Waals surface area contributed by atoms with E-state index in [9.17, 15) is 9.59 Å². The number of hydrogen-bond acceptors (Lipinski definition) is 5. The molecule has 1 rings (SSSR count). The summed E-state index contributed by atoms with van der Waals surface area (Å²) in [5.41, 5.74) is 0.644. The average molecular weight is 295 g/mol. The van der Waals surface area contributed by atoms with E-state index in [2.05, 4.69) is 16.0 Å². The molecule has 0 fully saturated rings. The number of rotatable bonds is 9. The number of carbonyl (C=O) groups is 2. The predicted octanol–water partition coefficient (Wildman–Crippen LogP) is -0.0141. The number of nitrogens with one attached hydrogen (secondary N) is 3. The first-order valence-corrected chi connectivity index (χ1v) is 6.56. The molecule has 0 aliphatic rings. The van der Waals surface area contributed by atoms with Gasteiger partial charge in [0, 0.05) is 25.4 Å². The molecule has 0 aliphatic carbocycles. The van der Waals surface area contributed by atoms with Gasteiger partial charge in [0.25, 0.3) is 0 Å². The van der Waals surface area contributed by atoms with Crippen LogP contribution in [0.15, 0.2) is 24.3 Å². The van der Waals surface area contributed by atoms with Crippen LogP contribution in [0.5, 0.6) is 5.75 Å². The number of carbonyl (C=O) groups excluding carboxylic acids is 2. The van der Waals surface area contributed by atoms with Crippen LogP contribution in [0, 0.1) is 0 Å². The second kappa shape index (κ2) is 9.73. The standard InChI is InChI=1S/C14H21N3O4/c1-20-7-6-16-13(18)9-15-10-14(19)17-11-4-3-5-12(8-11)21-2/h3-5,8,15H,6-7,9-10H2,1-2H3,(H,16,18)(H,17,19). The molecule has 0 heterocycles. The van der Waals surface area contributed by atoms with Gasteiger partial charge in [-0.15, -0.1) is 0 Å². The molecule has 0 aromatic heterocycles. The first-order valence-electron chi connectivity index (χ1n) is 6.56. The van der Waals surface area contributed by atoms with Crippen LogP contribution in [0.25, 0.3) is 0 Å². The summed E-state index contributed by atoms with van der Waals surface area (Å²) < 4.78 is 9.88. The van der Waals surface area contributed by atoms with Gasteiger partial charge in [-0.05, 0) is 12.1 Å². The van der Waals surface area contributed by atoms with E-state index >= 15 is 0 Å². The highest BCUT2D eigenvalue weighted by molar-refractivity contribution is 5.92. The highest BCUT2D eigenvalue weighted by atomic mass is 16.5. The number of anilines is 1. The molecule has 7 heteroatoms. The van der Waals surface area contributed by atoms with Gasteiger partial charge in [-0.1, -0.05) is 6.07 Å². The Labute approximate surface area is 124 Å². The molecule has 0 saturated carbocycles. The van der Waals surface area contributed by atoms with E-state index in [4.69, 9.17) is 9.47 Å². The lowest BCUT2D eigenvalue weighted by Crippen LogP contribution is -2.38. The first kappa shape index (κ1) is 16.9. The van der Waals surface area contributed by atoms with Crippen molar-refractivity contribution in [1.82, 2.24) is 10.6 Å². The summed E-state index contributed by atoms with van der Waals surface area (Å²) in [4.78, 5) is 23.1. The molecule has 3 N–H and O–H groups in total. The third kappa shape index (κ3) is 7.28. The van der Waals surface area contributed by atoms with E-state index in [1.54, 1.807) is 38.5 Å². The summed E-state index contributed by atoms with van der Waals surface area (Å²) in [6.45, 7) is 1.04. The third-order valence-corrected chi connectivity index (χ3v) is 2.55. The molecule has 1 aromatic carbocycles. The van der Waals surface area contributed by atoms with Crippen LogP contribution in [-0.4, -0.2) is 52.3 Å². The molecular formula is C14H21N3O4. The van der Waals surface area contributed by atoms with Crippen LogP contribution in [0.3, 0.4) is 0 Å². The zero-order valence-electron chi connectivity index (χ0n) is 12.3. The number of ether oxygens (including phenoxy) is 2. The molecule has 0 radical (unpaired) electrons. The molecule has 0 bridgehead atoms. The van der Waals surface area contributed by atoms with Gasteiger partial charge >= 0.3 is 0 Å². The van der Waals surface area contributed by atoms with Gasteiger partial charge in [-0.2, -0.15) is 0 Å². The summed E-state index contributed by atoms with van der Waals surface area (Å²) in [5, 5.41) is 8.12. The summed E-state index contributed by atoms with van der Waals surface area (Å²) in [6.07, 6.45) is 0. The van der Waals surface area contributed by atoms with E-state index in [1.807, 2.05) is 0 Å². The van der Waals surface area contributed by atoms with E-state index in [1.165, 1.54) is 0 Å². The lowest BCUT2D eigenvalue weighted by Gasteiger charge is -2.08. The van der Waals surface area contributed by atoms with E-state index < -0.39 is 0 Å². The Morgan fingerprint density at radius 1 is 1.14 bits per heavy atom. The molecule has 2 amide bonds. The number of methoxy groups -OCH3 is 2. The Balaban J connectivity index is 2.23. The molecular weight excluding hydrogens is 274 g/mol. The zero-order valence-corrected chi connectivity index (χ0v) is 12.3. The summed E-state index contributed by atoms with van der Waals surface area (Å²) in [5.74, 6) is 0.257. The van der Waals surface area contributed by atoms with Crippen molar-refractivity contribution < 1.29 is 19.1 Å². The third-order valence-electron chi connectivity index (χ3n) is 2.55. The van der Waals surface area contributed by atoms with Crippen LogP contribution in [0.2, 0.25) is 0 Å². The number of amides is 2. The fourth-order valence-corrected chi connectivity index (χ4v) is 1.55. The molecule has 0 spiro atoms. The van der Waals surface area contributed by atoms with Gasteiger partial charge in [-0.25, -0.2) is 0 Å². The average Bonchev–Trinajstić information content (AvgIpc) is 2.47. The summed E-state index contributed by atoms with van der Waals surface area (Å²) >= 11 is 0. The quantitative estimate of drug-likeness (QED) is 0.558. The summed E-state index contributed by atoms with van der Waals surface area (Å²) in [6, 6.07) is 7.05. The normalized spacial score (nSPS) is 10.0. The molecule has 0 aliphatic heterocycles. The molecule has 21 heavy (non-hydrogen) atoms. The van der Waals surface area contributed by atoms with Gasteiger partial charge in [0.2, 0.25) is 11.8 Å². The number of hydrogen-bond donors (Lipinski definition) is 3. The maximum atomic E-state index is 11.7. The monoisotopic (exact) mass is 295 g/mol. The molecule has 0 atom stereocenters. The van der Waals surface area contributed by atoms with E-state index in [0.717, 1.165) is 0 Å². The largest absolute Gasteiger partial charge is 0.497 e. The van der Waals surface area contributed by atoms with Crippen LogP contribution in [0.1, 0.15) is 0 Å². The Morgan fingerprint density at radius 3 is 2.62 bits per heavy atom. The molecule has 0 unspecified atom stereocenters. The minimum absolute atomic E-state index is 0.0505. The van der Waals surface area contributed by atoms with Crippen molar-refractivity contribution in [3.63, 3.8) is 0 Å². The summed E-state index contributed by atoms with van der Waals surface area (Å²) in [7, 11) is 3.12. The lowest BCUT2D eigenvalue weighted by molar-refractivity contribution is -0.120. The topological polar surface area (TPSA) is 88.7 Å². The van der Waals surface area contributed by atoms with Crippen LogP contribution in [-0.2, 0) is 14.3 Å². The van der Waals surface area contributed by atoms with Crippen molar-refractivity contribution >= 4 is 17.5 Å². The minimum atomic E-state index is -0.229. The Hall–Kier alpha value is -2.12. The van der Waals surface area contributed by atoms with E-state index in [-0.39, 0.29) is 24.9 Å². The SMILES string of the molecule is COCCNC(=O)CNCC(=O)Nc1cccc(OC)c1. The number of benzene rings is 1. The highest BCUT2D eigenvalue weighted by Crippen LogP contribution is 2.16. The zero-order chi connectivity index (χ0) is 15.5. The molecule has 7 nitrogen and oxygen atoms in total. The maximum Gasteiger partial charge on any atom is 0.238 e. The van der Waals surface area contributed by atoms with Crippen LogP contribution < -0.4 is 20.7 Å². The fourth-order valence-electron chi connectivity index (χ4n) is 1.55. The molecule has 0 saturated heterocycles. The van der Waals surface area contributed by atoms with Crippen LogP contribution >= 0.6 is 0 Å². The highest BCUT2D eigenvalue weighted by Gasteiger charge is 2.05. The second-order valence-corrected chi connectivity index (χ2v) is 4.23. The maximum absolute atomic E-state index is 11.7. The van der Waals surface area contributed by atoms with Crippen molar-refractivity contribution in [2.45, 2.75) is 0 Å². The predicted molar refractivity (Wildman–Crippen MR) is 79.4 cm³/mol. The van der Waals surface area contributed by atoms with Crippen LogP contribution in [0.4, 0.5) is 5.69 Å². The van der Waals surface area contributed by atoms with Crippen molar-refractivity contribution in [2.24, 2.45) is 0 Å². The van der Waals surface area contributed by atoms with Gasteiger partial charge in [-0.3, -0.25) is 14.9 Å². The van der Waals surface area contributed by atoms with Crippen molar-refractivity contribution in [1.29, 1.82) is 0 Å². The van der Waals surface area contributed by atoms with Gasteiger partial charge in [0.1, 0.15) is 5.75 Å². The van der Waals surface area contributed by atoms with E-state index in [0.29, 0.717) is 24.6 Å². The van der Waals surface area contributed by atoms with Gasteiger partial charge in [0.15, 0.2) is 0 Å². The van der Waals surface area contributed by atoms with Crippen molar-refractivity contribution in [3.8, 4) is 5.75 Å². The molecule has 116 valence electrons. The fraction of sp³-hybridized carbons (Fsp3) is 0.429. The van der Waals surface area contributed by atoms with Gasteiger partial charge in [0.05, 0.1) is 26.8 Å². The first-order chi connectivity index (χ1) is 10.2. The Morgan fingerprint density at radius 2 is 1.90 bits per heavy atom. The molecule has 1 aromatic rings. The second-order valence-electron chi connectivity index (χ2n) is 4.23. The smallest absolute Gasteiger partial charge is 0.238 e. The van der Waals surface area contributed by atoms with Gasteiger partial charge < -0.3 is 20.1 Å². The lowest BCUT2D eigenvalue weighted by atomic mass is 10.3. The Bertz CT molecular complexity index is 465. The van der Waals surface area contributed by atoms with Crippen molar-refractivity contribution in [3.05, 3.63) is 24.3 Å².